The minimum absolute atomic E-state index is 0.531. The van der Waals surface area contributed by atoms with Crippen molar-refractivity contribution in [2.45, 2.75) is 13.2 Å². The Bertz CT molecular complexity index is 220. The summed E-state index contributed by atoms with van der Waals surface area (Å²) in [6, 6.07) is 7.17. The Morgan fingerprint density at radius 1 is 1.36 bits per heavy atom. The van der Waals surface area contributed by atoms with Crippen LogP contribution >= 0.6 is 11.6 Å². The maximum atomic E-state index is 8.93. The maximum absolute atomic E-state index is 8.93. The molecule has 0 radical (unpaired) electrons. The number of anilines is 1. The second-order valence-corrected chi connectivity index (χ2v) is 2.76. The number of benzene rings is 1. The van der Waals surface area contributed by atoms with Crippen molar-refractivity contribution in [3.63, 3.8) is 0 Å². The van der Waals surface area contributed by atoms with Crippen LogP contribution in [-0.4, -0.2) is 11.3 Å². The van der Waals surface area contributed by atoms with Crippen LogP contribution in [0.5, 0.6) is 0 Å². The lowest BCUT2D eigenvalue weighted by Crippen LogP contribution is -2.12. The van der Waals surface area contributed by atoms with Gasteiger partial charge in [-0.05, 0) is 31.2 Å². The van der Waals surface area contributed by atoms with Gasteiger partial charge in [-0.25, -0.2) is 0 Å². The summed E-state index contributed by atoms with van der Waals surface area (Å²) in [4.78, 5) is 0. The van der Waals surface area contributed by atoms with Crippen molar-refractivity contribution in [1.82, 2.24) is 0 Å². The van der Waals surface area contributed by atoms with Crippen LogP contribution in [-0.2, 0) is 0 Å². The fourth-order valence-corrected chi connectivity index (χ4v) is 0.913. The highest BCUT2D eigenvalue weighted by atomic mass is 35.5. The molecule has 60 valence electrons. The van der Waals surface area contributed by atoms with Crippen molar-refractivity contribution < 1.29 is 5.11 Å². The fourth-order valence-electron chi connectivity index (χ4n) is 0.787. The summed E-state index contributed by atoms with van der Waals surface area (Å²) >= 11 is 5.66. The van der Waals surface area contributed by atoms with Crippen LogP contribution in [0, 0.1) is 0 Å². The molecule has 0 bridgehead atoms. The SMILES string of the molecule is CC(O)Nc1ccc(Cl)cc1. The Morgan fingerprint density at radius 3 is 2.36 bits per heavy atom. The largest absolute Gasteiger partial charge is 0.374 e. The maximum Gasteiger partial charge on any atom is 0.121 e. The first kappa shape index (κ1) is 8.37. The molecule has 1 rings (SSSR count). The third-order valence-corrected chi connectivity index (χ3v) is 1.47. The number of rotatable bonds is 2. The highest BCUT2D eigenvalue weighted by molar-refractivity contribution is 6.30. The van der Waals surface area contributed by atoms with Crippen LogP contribution < -0.4 is 5.32 Å². The quantitative estimate of drug-likeness (QED) is 0.668. The molecule has 0 heterocycles. The molecule has 11 heavy (non-hydrogen) atoms. The average Bonchev–Trinajstić information content (AvgIpc) is 1.93. The second-order valence-electron chi connectivity index (χ2n) is 2.33. The molecule has 2 nitrogen and oxygen atoms in total. The summed E-state index contributed by atoms with van der Waals surface area (Å²) in [6.45, 7) is 1.66. The van der Waals surface area contributed by atoms with Crippen molar-refractivity contribution in [3.8, 4) is 0 Å². The molecule has 0 spiro atoms. The average molecular weight is 172 g/mol. The first-order valence-corrected chi connectivity index (χ1v) is 3.76. The molecule has 3 heteroatoms. The van der Waals surface area contributed by atoms with Gasteiger partial charge >= 0.3 is 0 Å². The van der Waals surface area contributed by atoms with Gasteiger partial charge in [0.2, 0.25) is 0 Å². The predicted molar refractivity (Wildman–Crippen MR) is 46.8 cm³/mol. The van der Waals surface area contributed by atoms with E-state index < -0.39 is 6.23 Å². The zero-order valence-electron chi connectivity index (χ0n) is 6.21. The van der Waals surface area contributed by atoms with Crippen molar-refractivity contribution in [2.75, 3.05) is 5.32 Å². The number of hydrogen-bond donors (Lipinski definition) is 2. The summed E-state index contributed by atoms with van der Waals surface area (Å²) in [5, 5.41) is 12.5. The van der Waals surface area contributed by atoms with Gasteiger partial charge in [0.05, 0.1) is 0 Å². The highest BCUT2D eigenvalue weighted by Gasteiger charge is 1.94. The van der Waals surface area contributed by atoms with E-state index in [1.165, 1.54) is 0 Å². The molecule has 1 aromatic carbocycles. The monoisotopic (exact) mass is 171 g/mol. The molecule has 2 N–H and O–H groups in total. The topological polar surface area (TPSA) is 32.3 Å². The molecule has 1 atom stereocenters. The lowest BCUT2D eigenvalue weighted by atomic mass is 10.3. The van der Waals surface area contributed by atoms with Gasteiger partial charge in [0.25, 0.3) is 0 Å². The van der Waals surface area contributed by atoms with Crippen LogP contribution in [0.15, 0.2) is 24.3 Å². The van der Waals surface area contributed by atoms with E-state index in [4.69, 9.17) is 16.7 Å². The Kier molecular flexibility index (Phi) is 2.74. The number of aliphatic hydroxyl groups is 1. The van der Waals surface area contributed by atoms with Gasteiger partial charge in [-0.15, -0.1) is 0 Å². The lowest BCUT2D eigenvalue weighted by molar-refractivity contribution is 0.224. The van der Waals surface area contributed by atoms with E-state index in [1.54, 1.807) is 19.1 Å². The fraction of sp³-hybridized carbons (Fsp3) is 0.250. The van der Waals surface area contributed by atoms with Gasteiger partial charge in [-0.3, -0.25) is 0 Å². The molecule has 0 saturated heterocycles. The van der Waals surface area contributed by atoms with Gasteiger partial charge in [0.15, 0.2) is 0 Å². The first-order chi connectivity index (χ1) is 5.18. The van der Waals surface area contributed by atoms with E-state index >= 15 is 0 Å². The third kappa shape index (κ3) is 2.78. The summed E-state index contributed by atoms with van der Waals surface area (Å²) < 4.78 is 0. The summed E-state index contributed by atoms with van der Waals surface area (Å²) in [5.41, 5.74) is 0.865. The Morgan fingerprint density at radius 2 is 1.91 bits per heavy atom. The molecule has 1 aromatic rings. The van der Waals surface area contributed by atoms with E-state index in [9.17, 15) is 0 Å². The number of aliphatic hydroxyl groups excluding tert-OH is 1. The molecule has 0 aromatic heterocycles. The van der Waals surface area contributed by atoms with Gasteiger partial charge < -0.3 is 10.4 Å². The predicted octanol–water partition coefficient (Wildman–Crippen LogP) is 2.09. The highest BCUT2D eigenvalue weighted by Crippen LogP contribution is 2.13. The summed E-state index contributed by atoms with van der Waals surface area (Å²) in [6.07, 6.45) is -0.531. The van der Waals surface area contributed by atoms with Crippen LogP contribution in [0.2, 0.25) is 5.02 Å². The lowest BCUT2D eigenvalue weighted by Gasteiger charge is -2.07. The number of nitrogens with one attached hydrogen (secondary N) is 1. The van der Waals surface area contributed by atoms with Gasteiger partial charge in [-0.2, -0.15) is 0 Å². The molecule has 1 unspecified atom stereocenters. The van der Waals surface area contributed by atoms with Crippen molar-refractivity contribution in [2.24, 2.45) is 0 Å². The standard InChI is InChI=1S/C8H10ClNO/c1-6(11)10-8-4-2-7(9)3-5-8/h2-6,10-11H,1H3. The number of hydrogen-bond acceptors (Lipinski definition) is 2. The van der Waals surface area contributed by atoms with E-state index in [0.717, 1.165) is 5.69 Å². The minimum Gasteiger partial charge on any atom is -0.374 e. The van der Waals surface area contributed by atoms with Crippen LogP contribution in [0.4, 0.5) is 5.69 Å². The molecule has 0 aliphatic carbocycles. The molecular weight excluding hydrogens is 162 g/mol. The Balaban J connectivity index is 2.66. The molecule has 0 fully saturated rings. The van der Waals surface area contributed by atoms with Crippen molar-refractivity contribution >= 4 is 17.3 Å². The number of halogens is 1. The van der Waals surface area contributed by atoms with Gasteiger partial charge in [-0.1, -0.05) is 11.6 Å². The normalized spacial score (nSPS) is 12.6. The van der Waals surface area contributed by atoms with Crippen LogP contribution in [0.3, 0.4) is 0 Å². The summed E-state index contributed by atoms with van der Waals surface area (Å²) in [5.74, 6) is 0. The second kappa shape index (κ2) is 3.60. The van der Waals surface area contributed by atoms with Gasteiger partial charge in [0, 0.05) is 10.7 Å². The van der Waals surface area contributed by atoms with E-state index in [1.807, 2.05) is 12.1 Å². The first-order valence-electron chi connectivity index (χ1n) is 3.38. The summed E-state index contributed by atoms with van der Waals surface area (Å²) in [7, 11) is 0. The van der Waals surface area contributed by atoms with E-state index in [-0.39, 0.29) is 0 Å². The van der Waals surface area contributed by atoms with Crippen molar-refractivity contribution in [3.05, 3.63) is 29.3 Å². The Hall–Kier alpha value is -0.730. The Labute approximate surface area is 70.8 Å². The molecule has 0 aliphatic rings. The van der Waals surface area contributed by atoms with E-state index in [0.29, 0.717) is 5.02 Å². The minimum atomic E-state index is -0.531. The van der Waals surface area contributed by atoms with Crippen molar-refractivity contribution in [1.29, 1.82) is 0 Å². The smallest absolute Gasteiger partial charge is 0.121 e. The zero-order chi connectivity index (χ0) is 8.27. The molecule has 0 amide bonds. The van der Waals surface area contributed by atoms with E-state index in [2.05, 4.69) is 5.32 Å². The van der Waals surface area contributed by atoms with Gasteiger partial charge in [0.1, 0.15) is 6.23 Å². The molecule has 0 aliphatic heterocycles. The van der Waals surface area contributed by atoms with Crippen LogP contribution in [0.25, 0.3) is 0 Å². The zero-order valence-corrected chi connectivity index (χ0v) is 6.97. The van der Waals surface area contributed by atoms with Crippen LogP contribution in [0.1, 0.15) is 6.92 Å². The third-order valence-electron chi connectivity index (χ3n) is 1.22. The molecular formula is C8H10ClNO. The molecule has 0 saturated carbocycles.